The molecule has 1 amide bonds. The second kappa shape index (κ2) is 8.30. The van der Waals surface area contributed by atoms with Gasteiger partial charge in [-0.25, -0.2) is 9.07 Å². The Bertz CT molecular complexity index is 1000. The van der Waals surface area contributed by atoms with Crippen molar-refractivity contribution in [3.8, 4) is 5.69 Å². The van der Waals surface area contributed by atoms with Gasteiger partial charge in [0.25, 0.3) is 0 Å². The Kier molecular flexibility index (Phi) is 6.08. The number of hydrogen-bond donors (Lipinski definition) is 1. The van der Waals surface area contributed by atoms with Gasteiger partial charge in [-0.1, -0.05) is 40.8 Å². The van der Waals surface area contributed by atoms with Crippen molar-refractivity contribution in [3.05, 3.63) is 62.8 Å². The molecule has 26 heavy (non-hydrogen) atoms. The van der Waals surface area contributed by atoms with Gasteiger partial charge >= 0.3 is 0 Å². The van der Waals surface area contributed by atoms with Crippen LogP contribution in [0.15, 0.2) is 46.8 Å². The van der Waals surface area contributed by atoms with Crippen LogP contribution in [0.1, 0.15) is 5.56 Å². The van der Waals surface area contributed by atoms with Crippen molar-refractivity contribution in [2.75, 3.05) is 11.1 Å². The summed E-state index contributed by atoms with van der Waals surface area (Å²) in [6, 6.07) is 11.8. The van der Waals surface area contributed by atoms with Crippen molar-refractivity contribution in [3.63, 3.8) is 0 Å². The minimum Gasteiger partial charge on any atom is -0.325 e. The number of thioether (sulfide) groups is 1. The van der Waals surface area contributed by atoms with Crippen molar-refractivity contribution in [2.45, 2.75) is 11.3 Å². The van der Waals surface area contributed by atoms with E-state index in [9.17, 15) is 9.18 Å². The zero-order chi connectivity index (χ0) is 18.7. The van der Waals surface area contributed by atoms with Crippen LogP contribution in [0, 0.1) is 16.7 Å². The highest BCUT2D eigenvalue weighted by atomic mass is 35.5. The molecule has 0 atom stereocenters. The van der Waals surface area contributed by atoms with Crippen LogP contribution in [0.2, 0.25) is 5.02 Å². The number of aryl methyl sites for hydroxylation is 1. The van der Waals surface area contributed by atoms with E-state index in [1.165, 1.54) is 29.2 Å². The number of anilines is 1. The van der Waals surface area contributed by atoms with Gasteiger partial charge in [0.1, 0.15) is 5.82 Å². The first-order chi connectivity index (χ1) is 12.4. The maximum atomic E-state index is 13.5. The molecule has 0 aliphatic carbocycles. The minimum atomic E-state index is -0.352. The Balaban J connectivity index is 1.63. The monoisotopic (exact) mass is 425 g/mol. The van der Waals surface area contributed by atoms with Crippen LogP contribution in [-0.2, 0) is 4.79 Å². The lowest BCUT2D eigenvalue weighted by molar-refractivity contribution is -0.113. The summed E-state index contributed by atoms with van der Waals surface area (Å²) in [6.45, 7) is 1.67. The SMILES string of the molecule is Cc1ccc(NC(=O)CSc2nn(-c3ccc(Cl)cc3)c(=S)s2)cc1F. The molecule has 0 saturated heterocycles. The molecule has 0 radical (unpaired) electrons. The van der Waals surface area contributed by atoms with Crippen LogP contribution in [-0.4, -0.2) is 21.4 Å². The Morgan fingerprint density at radius 3 is 2.77 bits per heavy atom. The van der Waals surface area contributed by atoms with Crippen molar-refractivity contribution in [2.24, 2.45) is 0 Å². The van der Waals surface area contributed by atoms with Crippen LogP contribution in [0.4, 0.5) is 10.1 Å². The number of amides is 1. The third kappa shape index (κ3) is 4.70. The highest BCUT2D eigenvalue weighted by molar-refractivity contribution is 8.01. The first kappa shape index (κ1) is 19.0. The van der Waals surface area contributed by atoms with Gasteiger partial charge in [-0.05, 0) is 61.1 Å². The average Bonchev–Trinajstić information content (AvgIpc) is 2.98. The summed E-state index contributed by atoms with van der Waals surface area (Å²) in [7, 11) is 0. The maximum absolute atomic E-state index is 13.5. The topological polar surface area (TPSA) is 46.9 Å². The molecule has 0 aliphatic rings. The average molecular weight is 426 g/mol. The molecule has 4 nitrogen and oxygen atoms in total. The number of carbonyl (C=O) groups is 1. The smallest absolute Gasteiger partial charge is 0.234 e. The Labute approximate surface area is 168 Å². The van der Waals surface area contributed by atoms with E-state index >= 15 is 0 Å². The Hall–Kier alpha value is -1.74. The summed E-state index contributed by atoms with van der Waals surface area (Å²) in [5.74, 6) is -0.439. The van der Waals surface area contributed by atoms with E-state index in [1.54, 1.807) is 35.9 Å². The molecule has 0 unspecified atom stereocenters. The zero-order valence-electron chi connectivity index (χ0n) is 13.5. The number of carbonyl (C=O) groups excluding carboxylic acids is 1. The molecule has 3 aromatic rings. The number of rotatable bonds is 5. The van der Waals surface area contributed by atoms with E-state index in [1.807, 2.05) is 12.1 Å². The van der Waals surface area contributed by atoms with E-state index in [2.05, 4.69) is 10.4 Å². The fraction of sp³-hybridized carbons (Fsp3) is 0.118. The molecule has 134 valence electrons. The van der Waals surface area contributed by atoms with E-state index in [-0.39, 0.29) is 17.5 Å². The lowest BCUT2D eigenvalue weighted by atomic mass is 10.2. The lowest BCUT2D eigenvalue weighted by Crippen LogP contribution is -2.14. The number of nitrogens with zero attached hydrogens (tertiary/aromatic N) is 2. The van der Waals surface area contributed by atoms with Gasteiger partial charge in [0.05, 0.1) is 11.4 Å². The number of nitrogens with one attached hydrogen (secondary N) is 1. The molecule has 9 heteroatoms. The van der Waals surface area contributed by atoms with E-state index in [0.29, 0.717) is 24.6 Å². The van der Waals surface area contributed by atoms with Crippen LogP contribution >= 0.6 is 46.9 Å². The second-order valence-electron chi connectivity index (χ2n) is 5.32. The first-order valence-electron chi connectivity index (χ1n) is 7.47. The van der Waals surface area contributed by atoms with Crippen molar-refractivity contribution in [1.29, 1.82) is 0 Å². The van der Waals surface area contributed by atoms with Crippen LogP contribution in [0.3, 0.4) is 0 Å². The van der Waals surface area contributed by atoms with Crippen molar-refractivity contribution >= 4 is 58.5 Å². The molecular formula is C17H13ClFN3OS3. The van der Waals surface area contributed by atoms with Crippen LogP contribution < -0.4 is 5.32 Å². The third-order valence-corrected chi connectivity index (χ3v) is 6.00. The Morgan fingerprint density at radius 2 is 2.08 bits per heavy atom. The van der Waals surface area contributed by atoms with Gasteiger partial charge in [-0.2, -0.15) is 0 Å². The number of aromatic nitrogens is 2. The quantitative estimate of drug-likeness (QED) is 0.433. The number of benzene rings is 2. The van der Waals surface area contributed by atoms with Gasteiger partial charge in [-0.3, -0.25) is 4.79 Å². The predicted molar refractivity (Wildman–Crippen MR) is 108 cm³/mol. The first-order valence-corrected chi connectivity index (χ1v) is 10.1. The minimum absolute atomic E-state index is 0.151. The molecule has 0 saturated carbocycles. The summed E-state index contributed by atoms with van der Waals surface area (Å²) < 4.78 is 16.4. The summed E-state index contributed by atoms with van der Waals surface area (Å²) in [6.07, 6.45) is 0. The molecule has 0 fully saturated rings. The second-order valence-corrected chi connectivity index (χ2v) is 8.60. The zero-order valence-corrected chi connectivity index (χ0v) is 16.7. The number of halogens is 2. The Morgan fingerprint density at radius 1 is 1.35 bits per heavy atom. The van der Waals surface area contributed by atoms with Gasteiger partial charge < -0.3 is 5.32 Å². The largest absolute Gasteiger partial charge is 0.325 e. The van der Waals surface area contributed by atoms with Crippen LogP contribution in [0.5, 0.6) is 0 Å². The summed E-state index contributed by atoms with van der Waals surface area (Å²) in [5, 5.41) is 7.73. The highest BCUT2D eigenvalue weighted by Crippen LogP contribution is 2.25. The normalized spacial score (nSPS) is 10.7. The molecule has 3 rings (SSSR count). The third-order valence-electron chi connectivity index (χ3n) is 3.38. The van der Waals surface area contributed by atoms with E-state index < -0.39 is 0 Å². The van der Waals surface area contributed by atoms with Gasteiger partial charge in [0, 0.05) is 10.7 Å². The molecule has 0 aliphatic heterocycles. The van der Waals surface area contributed by atoms with Crippen molar-refractivity contribution in [1.82, 2.24) is 9.78 Å². The predicted octanol–water partition coefficient (Wildman–Crippen LogP) is 5.50. The molecule has 0 spiro atoms. The molecule has 1 heterocycles. The number of hydrogen-bond acceptors (Lipinski definition) is 5. The highest BCUT2D eigenvalue weighted by Gasteiger charge is 2.10. The van der Waals surface area contributed by atoms with Crippen LogP contribution in [0.25, 0.3) is 5.69 Å². The van der Waals surface area contributed by atoms with Gasteiger partial charge in [0.15, 0.2) is 8.29 Å². The molecular weight excluding hydrogens is 413 g/mol. The van der Waals surface area contributed by atoms with E-state index in [0.717, 1.165) is 5.69 Å². The summed E-state index contributed by atoms with van der Waals surface area (Å²) in [4.78, 5) is 12.1. The van der Waals surface area contributed by atoms with E-state index in [4.69, 9.17) is 23.8 Å². The lowest BCUT2D eigenvalue weighted by Gasteiger charge is -2.05. The molecule has 2 aromatic carbocycles. The summed E-state index contributed by atoms with van der Waals surface area (Å²) in [5.41, 5.74) is 1.77. The summed E-state index contributed by atoms with van der Waals surface area (Å²) >= 11 is 13.8. The molecule has 0 bridgehead atoms. The fourth-order valence-corrected chi connectivity index (χ4v) is 4.35. The molecule has 1 aromatic heterocycles. The van der Waals surface area contributed by atoms with Gasteiger partial charge in [-0.15, -0.1) is 5.10 Å². The standard InChI is InChI=1S/C17H13ClFN3OS3/c1-10-2-5-12(8-14(10)19)20-15(23)9-25-16-21-22(17(24)26-16)13-6-3-11(18)4-7-13/h2-8H,9H2,1H3,(H,20,23). The fourth-order valence-electron chi connectivity index (χ4n) is 2.06. The van der Waals surface area contributed by atoms with Crippen molar-refractivity contribution < 1.29 is 9.18 Å². The maximum Gasteiger partial charge on any atom is 0.234 e. The molecule has 1 N–H and O–H groups in total. The van der Waals surface area contributed by atoms with Gasteiger partial charge in [0.2, 0.25) is 5.91 Å².